The minimum Gasteiger partial charge on any atom is -0.443 e. The average molecular weight is 256 g/mol. The monoisotopic (exact) mass is 256 g/mol. The molecule has 1 N–H and O–H groups in total. The van der Waals surface area contributed by atoms with Gasteiger partial charge in [-0.25, -0.2) is 18.0 Å². The molecule has 1 aromatic rings. The Hall–Kier alpha value is -2.23. The lowest BCUT2D eigenvalue weighted by molar-refractivity contribution is -0.104. The summed E-state index contributed by atoms with van der Waals surface area (Å²) in [5.41, 5.74) is -0.404. The maximum absolute atomic E-state index is 13.5. The molecule has 18 heavy (non-hydrogen) atoms. The molecule has 0 aliphatic carbocycles. The van der Waals surface area contributed by atoms with E-state index in [0.29, 0.717) is 0 Å². The van der Waals surface area contributed by atoms with Gasteiger partial charge in [0.25, 0.3) is 0 Å². The molecule has 0 bridgehead atoms. The number of nitrogens with zero attached hydrogens (tertiary/aromatic N) is 1. The second-order valence-electron chi connectivity index (χ2n) is 3.77. The third-order valence-electron chi connectivity index (χ3n) is 2.52. The van der Waals surface area contributed by atoms with E-state index in [9.17, 15) is 18.0 Å². The number of hydrogen-bond donors (Lipinski definition) is 1. The van der Waals surface area contributed by atoms with Gasteiger partial charge in [0.2, 0.25) is 0 Å². The van der Waals surface area contributed by atoms with Crippen molar-refractivity contribution in [2.75, 3.05) is 6.61 Å². The van der Waals surface area contributed by atoms with Crippen LogP contribution >= 0.6 is 0 Å². The summed E-state index contributed by atoms with van der Waals surface area (Å²) >= 11 is 0. The predicted molar refractivity (Wildman–Crippen MR) is 53.3 cm³/mol. The Morgan fingerprint density at radius 1 is 1.50 bits per heavy atom. The predicted octanol–water partition coefficient (Wildman–Crippen LogP) is 2.11. The van der Waals surface area contributed by atoms with Gasteiger partial charge in [0, 0.05) is 0 Å². The molecule has 1 aromatic carbocycles. The zero-order chi connectivity index (χ0) is 13.3. The van der Waals surface area contributed by atoms with Crippen molar-refractivity contribution in [1.82, 2.24) is 5.32 Å². The van der Waals surface area contributed by atoms with Crippen LogP contribution in [-0.2, 0) is 4.74 Å². The average Bonchev–Trinajstić information content (AvgIpc) is 2.33. The van der Waals surface area contributed by atoms with E-state index in [4.69, 9.17) is 5.26 Å². The molecule has 0 radical (unpaired) electrons. The first-order valence-corrected chi connectivity index (χ1v) is 4.95. The largest absolute Gasteiger partial charge is 0.443 e. The highest BCUT2D eigenvalue weighted by Gasteiger charge is 2.46. The van der Waals surface area contributed by atoms with Crippen LogP contribution in [-0.4, -0.2) is 18.6 Å². The summed E-state index contributed by atoms with van der Waals surface area (Å²) in [5, 5.41) is 10.6. The van der Waals surface area contributed by atoms with Crippen LogP contribution in [0.15, 0.2) is 18.2 Å². The highest BCUT2D eigenvalue weighted by Crippen LogP contribution is 2.34. The second-order valence-corrected chi connectivity index (χ2v) is 3.77. The van der Waals surface area contributed by atoms with Crippen LogP contribution in [0.5, 0.6) is 0 Å². The standard InChI is InChI=1S/C11H7F3N2O2/c12-8-2-1-6(3-7(8)4-15)9-11(13,14)5-18-10(17)16-9/h1-3,9H,5H2,(H,16,17)/t9-/m1/s1. The number of carbonyl (C=O) groups is 1. The molecule has 7 heteroatoms. The van der Waals surface area contributed by atoms with Crippen LogP contribution in [0, 0.1) is 17.1 Å². The number of halogens is 3. The molecule has 0 spiro atoms. The number of ether oxygens (including phenoxy) is 1. The van der Waals surface area contributed by atoms with Crippen LogP contribution in [0.2, 0.25) is 0 Å². The Morgan fingerprint density at radius 3 is 2.89 bits per heavy atom. The Kier molecular flexibility index (Phi) is 2.87. The summed E-state index contributed by atoms with van der Waals surface area (Å²) < 4.78 is 44.4. The minimum atomic E-state index is -3.32. The maximum Gasteiger partial charge on any atom is 0.408 e. The van der Waals surface area contributed by atoms with Crippen LogP contribution in [0.4, 0.5) is 18.0 Å². The van der Waals surface area contributed by atoms with E-state index in [1.54, 1.807) is 6.07 Å². The van der Waals surface area contributed by atoms with Crippen molar-refractivity contribution in [3.8, 4) is 6.07 Å². The molecule has 1 aliphatic heterocycles. The van der Waals surface area contributed by atoms with Gasteiger partial charge in [0.1, 0.15) is 17.9 Å². The van der Waals surface area contributed by atoms with Gasteiger partial charge in [0.05, 0.1) is 5.56 Å². The summed E-state index contributed by atoms with van der Waals surface area (Å²) in [6, 6.07) is 2.91. The highest BCUT2D eigenvalue weighted by molar-refractivity contribution is 5.69. The number of cyclic esters (lactones) is 1. The number of hydrogen-bond acceptors (Lipinski definition) is 3. The topological polar surface area (TPSA) is 62.1 Å². The molecular weight excluding hydrogens is 249 g/mol. The molecule has 2 rings (SSSR count). The van der Waals surface area contributed by atoms with E-state index < -0.39 is 30.5 Å². The number of alkyl carbamates (subject to hydrolysis) is 1. The Bertz CT molecular complexity index is 540. The molecule has 1 aliphatic rings. The summed E-state index contributed by atoms with van der Waals surface area (Å²) in [5.74, 6) is -4.12. The smallest absolute Gasteiger partial charge is 0.408 e. The quantitative estimate of drug-likeness (QED) is 0.837. The van der Waals surface area contributed by atoms with Gasteiger partial charge in [-0.1, -0.05) is 6.07 Å². The molecule has 94 valence electrons. The van der Waals surface area contributed by atoms with Crippen molar-refractivity contribution in [2.24, 2.45) is 0 Å². The fourth-order valence-electron chi connectivity index (χ4n) is 1.65. The molecular formula is C11H7F3N2O2. The van der Waals surface area contributed by atoms with Gasteiger partial charge < -0.3 is 10.1 Å². The summed E-state index contributed by atoms with van der Waals surface area (Å²) in [4.78, 5) is 11.0. The van der Waals surface area contributed by atoms with Gasteiger partial charge in [-0.15, -0.1) is 0 Å². The molecule has 0 unspecified atom stereocenters. The summed E-state index contributed by atoms with van der Waals surface area (Å²) in [7, 11) is 0. The van der Waals surface area contributed by atoms with E-state index in [1.165, 1.54) is 0 Å². The SMILES string of the molecule is N#Cc1cc([C@H]2NC(=O)OCC2(F)F)ccc1F. The number of nitrogens with one attached hydrogen (secondary N) is 1. The molecule has 0 saturated carbocycles. The highest BCUT2D eigenvalue weighted by atomic mass is 19.3. The van der Waals surface area contributed by atoms with Crippen molar-refractivity contribution in [1.29, 1.82) is 5.26 Å². The van der Waals surface area contributed by atoms with Crippen molar-refractivity contribution < 1.29 is 22.7 Å². The fourth-order valence-corrected chi connectivity index (χ4v) is 1.65. The number of nitriles is 1. The van der Waals surface area contributed by atoms with Gasteiger partial charge in [-0.2, -0.15) is 5.26 Å². The Labute approximate surface area is 100.0 Å². The van der Waals surface area contributed by atoms with Crippen molar-refractivity contribution in [3.63, 3.8) is 0 Å². The van der Waals surface area contributed by atoms with Crippen LogP contribution in [0.3, 0.4) is 0 Å². The lowest BCUT2D eigenvalue weighted by Crippen LogP contribution is -2.49. The molecule has 1 amide bonds. The lowest BCUT2D eigenvalue weighted by Gasteiger charge is -2.31. The number of alkyl halides is 2. The first kappa shape index (κ1) is 12.2. The number of rotatable bonds is 1. The van der Waals surface area contributed by atoms with Gasteiger partial charge in [0.15, 0.2) is 6.61 Å². The van der Waals surface area contributed by atoms with E-state index >= 15 is 0 Å². The molecule has 1 fully saturated rings. The van der Waals surface area contributed by atoms with Crippen LogP contribution < -0.4 is 5.32 Å². The Morgan fingerprint density at radius 2 is 2.22 bits per heavy atom. The van der Waals surface area contributed by atoms with Crippen LogP contribution in [0.1, 0.15) is 17.2 Å². The molecule has 0 aromatic heterocycles. The first-order chi connectivity index (χ1) is 8.44. The van der Waals surface area contributed by atoms with Crippen molar-refractivity contribution in [2.45, 2.75) is 12.0 Å². The maximum atomic E-state index is 13.5. The van der Waals surface area contributed by atoms with Gasteiger partial charge in [-0.05, 0) is 17.7 Å². The van der Waals surface area contributed by atoms with Crippen LogP contribution in [0.25, 0.3) is 0 Å². The van der Waals surface area contributed by atoms with Crippen molar-refractivity contribution >= 4 is 6.09 Å². The number of amides is 1. The number of carbonyl (C=O) groups excluding carboxylic acids is 1. The van der Waals surface area contributed by atoms with Gasteiger partial charge >= 0.3 is 12.0 Å². The van der Waals surface area contributed by atoms with E-state index in [-0.39, 0.29) is 11.1 Å². The third-order valence-corrected chi connectivity index (χ3v) is 2.52. The zero-order valence-corrected chi connectivity index (χ0v) is 8.91. The number of benzene rings is 1. The molecule has 1 saturated heterocycles. The van der Waals surface area contributed by atoms with Gasteiger partial charge in [-0.3, -0.25) is 0 Å². The fraction of sp³-hybridized carbons (Fsp3) is 0.273. The first-order valence-electron chi connectivity index (χ1n) is 4.95. The van der Waals surface area contributed by atoms with E-state index in [0.717, 1.165) is 18.2 Å². The lowest BCUT2D eigenvalue weighted by atomic mass is 9.98. The summed E-state index contributed by atoms with van der Waals surface area (Å²) in [6.07, 6.45) is -0.978. The third kappa shape index (κ3) is 2.09. The Balaban J connectivity index is 2.41. The second kappa shape index (κ2) is 4.22. The minimum absolute atomic E-state index is 0.0467. The zero-order valence-electron chi connectivity index (χ0n) is 8.91. The van der Waals surface area contributed by atoms with Crippen molar-refractivity contribution in [3.05, 3.63) is 35.1 Å². The molecule has 1 heterocycles. The summed E-state index contributed by atoms with van der Waals surface area (Å²) in [6.45, 7) is -1.05. The normalized spacial score (nSPS) is 21.7. The van der Waals surface area contributed by atoms with E-state index in [1.807, 2.05) is 5.32 Å². The molecule has 4 nitrogen and oxygen atoms in total. The van der Waals surface area contributed by atoms with E-state index in [2.05, 4.69) is 4.74 Å². The molecule has 1 atom stereocenters.